The SMILES string of the molecule is S=c1ccc(Br)c2n1C[C@@H]1C[C@H]2CN(CC2CCCCC2)C1. The van der Waals surface area contributed by atoms with Crippen molar-refractivity contribution in [2.24, 2.45) is 11.8 Å². The van der Waals surface area contributed by atoms with Crippen LogP contribution in [0.15, 0.2) is 16.6 Å². The number of fused-ring (bicyclic) bond motifs is 4. The quantitative estimate of drug-likeness (QED) is 0.668. The van der Waals surface area contributed by atoms with Crippen molar-refractivity contribution in [2.45, 2.75) is 51.0 Å². The number of aromatic nitrogens is 1. The fourth-order valence-corrected chi connectivity index (χ4v) is 5.86. The zero-order valence-electron chi connectivity index (χ0n) is 13.1. The molecule has 3 heterocycles. The number of hydrogen-bond acceptors (Lipinski definition) is 2. The molecule has 0 spiro atoms. The summed E-state index contributed by atoms with van der Waals surface area (Å²) in [6.07, 6.45) is 8.62. The Bertz CT molecular complexity index is 606. The van der Waals surface area contributed by atoms with Crippen molar-refractivity contribution in [2.75, 3.05) is 19.6 Å². The van der Waals surface area contributed by atoms with Crippen LogP contribution < -0.4 is 0 Å². The van der Waals surface area contributed by atoms with E-state index in [1.165, 1.54) is 68.3 Å². The standard InChI is InChI=1S/C18H25BrN2S/c19-16-6-7-17(22)21-11-14-8-15(18(16)21)12-20(10-14)9-13-4-2-1-3-5-13/h6-7,13-15H,1-5,8-12H2/t14-,15+/m1/s1. The van der Waals surface area contributed by atoms with Crippen LogP contribution in [0.4, 0.5) is 0 Å². The first-order valence-corrected chi connectivity index (χ1v) is 10.0. The van der Waals surface area contributed by atoms with Gasteiger partial charge in [-0.1, -0.05) is 31.5 Å². The molecular weight excluding hydrogens is 356 g/mol. The maximum Gasteiger partial charge on any atom is 0.106 e. The normalized spacial score (nSPS) is 29.3. The summed E-state index contributed by atoms with van der Waals surface area (Å²) in [5.41, 5.74) is 1.46. The fraction of sp³-hybridized carbons (Fsp3) is 0.722. The summed E-state index contributed by atoms with van der Waals surface area (Å²) in [5.74, 6) is 2.40. The first-order valence-electron chi connectivity index (χ1n) is 8.82. The molecule has 0 N–H and O–H groups in total. The van der Waals surface area contributed by atoms with E-state index in [0.717, 1.165) is 23.0 Å². The third-order valence-corrected chi connectivity index (χ3v) is 6.88. The van der Waals surface area contributed by atoms with Crippen LogP contribution in [0.2, 0.25) is 0 Å². The van der Waals surface area contributed by atoms with Gasteiger partial charge in [-0.3, -0.25) is 0 Å². The summed E-state index contributed by atoms with van der Waals surface area (Å²) in [6, 6.07) is 4.22. The van der Waals surface area contributed by atoms with E-state index in [2.05, 4.69) is 37.5 Å². The molecule has 120 valence electrons. The monoisotopic (exact) mass is 380 g/mol. The van der Waals surface area contributed by atoms with Gasteiger partial charge in [0, 0.05) is 42.3 Å². The topological polar surface area (TPSA) is 8.17 Å². The molecule has 0 radical (unpaired) electrons. The van der Waals surface area contributed by atoms with Crippen molar-refractivity contribution in [3.05, 3.63) is 26.9 Å². The average molecular weight is 381 g/mol. The van der Waals surface area contributed by atoms with Crippen LogP contribution >= 0.6 is 28.1 Å². The average Bonchev–Trinajstić information content (AvgIpc) is 2.51. The van der Waals surface area contributed by atoms with Gasteiger partial charge in [-0.25, -0.2) is 0 Å². The summed E-state index contributed by atoms with van der Waals surface area (Å²) in [6.45, 7) is 4.95. The number of likely N-dealkylation sites (tertiary alicyclic amines) is 1. The lowest BCUT2D eigenvalue weighted by Crippen LogP contribution is -2.46. The zero-order valence-corrected chi connectivity index (χ0v) is 15.5. The van der Waals surface area contributed by atoms with E-state index in [0.29, 0.717) is 5.92 Å². The molecule has 2 aliphatic heterocycles. The Morgan fingerprint density at radius 1 is 1.09 bits per heavy atom. The van der Waals surface area contributed by atoms with Crippen LogP contribution in [0.25, 0.3) is 0 Å². The third-order valence-electron chi connectivity index (χ3n) is 5.86. The summed E-state index contributed by atoms with van der Waals surface area (Å²) < 4.78 is 4.66. The molecule has 2 bridgehead atoms. The molecule has 0 unspecified atom stereocenters. The Hall–Kier alpha value is -0.190. The van der Waals surface area contributed by atoms with Gasteiger partial charge in [-0.05, 0) is 59.2 Å². The van der Waals surface area contributed by atoms with Gasteiger partial charge >= 0.3 is 0 Å². The van der Waals surface area contributed by atoms with Gasteiger partial charge in [0.15, 0.2) is 0 Å². The number of hydrogen-bond donors (Lipinski definition) is 0. The van der Waals surface area contributed by atoms with Crippen LogP contribution in [-0.4, -0.2) is 29.1 Å². The highest BCUT2D eigenvalue weighted by molar-refractivity contribution is 9.10. The maximum atomic E-state index is 5.57. The second-order valence-electron chi connectivity index (χ2n) is 7.54. The van der Waals surface area contributed by atoms with Crippen LogP contribution in [-0.2, 0) is 6.54 Å². The zero-order chi connectivity index (χ0) is 15.1. The molecule has 1 saturated heterocycles. The van der Waals surface area contributed by atoms with E-state index in [-0.39, 0.29) is 0 Å². The van der Waals surface area contributed by atoms with Crippen molar-refractivity contribution in [3.8, 4) is 0 Å². The third kappa shape index (κ3) is 2.94. The summed E-state index contributed by atoms with van der Waals surface area (Å²) in [4.78, 5) is 2.76. The first-order chi connectivity index (χ1) is 10.7. The molecule has 1 aromatic rings. The summed E-state index contributed by atoms with van der Waals surface area (Å²) in [7, 11) is 0. The van der Waals surface area contributed by atoms with E-state index in [1.807, 2.05) is 0 Å². The van der Waals surface area contributed by atoms with E-state index in [1.54, 1.807) is 0 Å². The van der Waals surface area contributed by atoms with Gasteiger partial charge < -0.3 is 9.47 Å². The lowest BCUT2D eigenvalue weighted by Gasteiger charge is -2.44. The van der Waals surface area contributed by atoms with Crippen molar-refractivity contribution in [1.82, 2.24) is 9.47 Å². The Kier molecular flexibility index (Phi) is 4.44. The molecule has 1 aromatic heterocycles. The molecule has 1 aliphatic carbocycles. The number of rotatable bonds is 2. The smallest absolute Gasteiger partial charge is 0.106 e. The Labute approximate surface area is 147 Å². The molecule has 4 rings (SSSR count). The van der Waals surface area contributed by atoms with Crippen molar-refractivity contribution >= 4 is 28.1 Å². The van der Waals surface area contributed by atoms with Gasteiger partial charge in [0.1, 0.15) is 4.64 Å². The number of pyridine rings is 1. The highest BCUT2D eigenvalue weighted by Crippen LogP contribution is 2.40. The largest absolute Gasteiger partial charge is 0.335 e. The first kappa shape index (κ1) is 15.3. The second kappa shape index (κ2) is 6.37. The van der Waals surface area contributed by atoms with Crippen molar-refractivity contribution in [3.63, 3.8) is 0 Å². The minimum Gasteiger partial charge on any atom is -0.335 e. The molecule has 22 heavy (non-hydrogen) atoms. The van der Waals surface area contributed by atoms with Crippen LogP contribution in [0.5, 0.6) is 0 Å². The lowest BCUT2D eigenvalue weighted by molar-refractivity contribution is 0.0968. The van der Waals surface area contributed by atoms with Gasteiger partial charge in [0.25, 0.3) is 0 Å². The lowest BCUT2D eigenvalue weighted by atomic mass is 9.82. The van der Waals surface area contributed by atoms with Crippen molar-refractivity contribution in [1.29, 1.82) is 0 Å². The highest BCUT2D eigenvalue weighted by atomic mass is 79.9. The van der Waals surface area contributed by atoms with Gasteiger partial charge in [0.05, 0.1) is 0 Å². The van der Waals surface area contributed by atoms with Gasteiger partial charge in [-0.2, -0.15) is 0 Å². The number of nitrogens with zero attached hydrogens (tertiary/aromatic N) is 2. The molecule has 2 nitrogen and oxygen atoms in total. The molecule has 3 aliphatic rings. The number of piperidine rings is 1. The van der Waals surface area contributed by atoms with Gasteiger partial charge in [0.2, 0.25) is 0 Å². The predicted molar refractivity (Wildman–Crippen MR) is 96.8 cm³/mol. The molecule has 2 fully saturated rings. The maximum absolute atomic E-state index is 5.57. The highest BCUT2D eigenvalue weighted by Gasteiger charge is 2.35. The van der Waals surface area contributed by atoms with E-state index in [4.69, 9.17) is 12.2 Å². The molecule has 0 amide bonds. The molecule has 2 atom stereocenters. The van der Waals surface area contributed by atoms with E-state index >= 15 is 0 Å². The minimum absolute atomic E-state index is 0.661. The fourth-order valence-electron chi connectivity index (χ4n) is 4.95. The molecule has 0 aromatic carbocycles. The predicted octanol–water partition coefficient (Wildman–Crippen LogP) is 4.98. The molecule has 1 saturated carbocycles. The van der Waals surface area contributed by atoms with Crippen LogP contribution in [0.1, 0.15) is 50.1 Å². The van der Waals surface area contributed by atoms with Gasteiger partial charge in [-0.15, -0.1) is 0 Å². The minimum atomic E-state index is 0.661. The van der Waals surface area contributed by atoms with Crippen molar-refractivity contribution < 1.29 is 0 Å². The number of halogens is 1. The molecular formula is C18H25BrN2S. The Balaban J connectivity index is 1.54. The van der Waals surface area contributed by atoms with E-state index < -0.39 is 0 Å². The summed E-state index contributed by atoms with van der Waals surface area (Å²) >= 11 is 9.34. The Morgan fingerprint density at radius 2 is 1.91 bits per heavy atom. The second-order valence-corrected chi connectivity index (χ2v) is 8.81. The summed E-state index contributed by atoms with van der Waals surface area (Å²) in [5, 5.41) is 0. The van der Waals surface area contributed by atoms with Crippen LogP contribution in [0, 0.1) is 16.5 Å². The Morgan fingerprint density at radius 3 is 2.73 bits per heavy atom. The van der Waals surface area contributed by atoms with E-state index in [9.17, 15) is 0 Å². The van der Waals surface area contributed by atoms with Crippen LogP contribution in [0.3, 0.4) is 0 Å². The molecule has 4 heteroatoms.